The zero-order valence-electron chi connectivity index (χ0n) is 11.4. The third-order valence-corrected chi connectivity index (χ3v) is 2.64. The van der Waals surface area contributed by atoms with Crippen LogP contribution in [0.1, 0.15) is 33.4 Å². The van der Waals surface area contributed by atoms with Crippen LogP contribution in [-0.2, 0) is 6.54 Å². The summed E-state index contributed by atoms with van der Waals surface area (Å²) in [5.74, 6) is 1.63. The summed E-state index contributed by atoms with van der Waals surface area (Å²) >= 11 is 0. The number of hydrogen-bond acceptors (Lipinski definition) is 4. The SMILES string of the molecule is CCN(CC)c1cnc(CNCC(C)C)cn1. The van der Waals surface area contributed by atoms with Gasteiger partial charge >= 0.3 is 0 Å². The van der Waals surface area contributed by atoms with Gasteiger partial charge in [0, 0.05) is 19.6 Å². The Hall–Kier alpha value is -1.16. The van der Waals surface area contributed by atoms with Crippen LogP contribution < -0.4 is 10.2 Å². The van der Waals surface area contributed by atoms with Gasteiger partial charge < -0.3 is 10.2 Å². The molecular formula is C13H24N4. The van der Waals surface area contributed by atoms with Gasteiger partial charge in [-0.15, -0.1) is 0 Å². The number of hydrogen-bond donors (Lipinski definition) is 1. The highest BCUT2D eigenvalue weighted by Gasteiger charge is 2.03. The molecule has 0 fully saturated rings. The van der Waals surface area contributed by atoms with E-state index < -0.39 is 0 Å². The van der Waals surface area contributed by atoms with Gasteiger partial charge in [0.15, 0.2) is 0 Å². The number of rotatable bonds is 7. The second-order valence-electron chi connectivity index (χ2n) is 4.56. The van der Waals surface area contributed by atoms with Crippen molar-refractivity contribution in [2.45, 2.75) is 34.2 Å². The molecule has 0 atom stereocenters. The Balaban J connectivity index is 2.49. The number of nitrogens with one attached hydrogen (secondary N) is 1. The summed E-state index contributed by atoms with van der Waals surface area (Å²) in [6.45, 7) is 12.4. The Bertz CT molecular complexity index is 304. The minimum Gasteiger partial charge on any atom is -0.356 e. The highest BCUT2D eigenvalue weighted by atomic mass is 15.2. The van der Waals surface area contributed by atoms with Crippen molar-refractivity contribution in [2.24, 2.45) is 5.92 Å². The average molecular weight is 236 g/mol. The maximum absolute atomic E-state index is 4.44. The van der Waals surface area contributed by atoms with Gasteiger partial charge in [0.25, 0.3) is 0 Å². The monoisotopic (exact) mass is 236 g/mol. The van der Waals surface area contributed by atoms with E-state index >= 15 is 0 Å². The van der Waals surface area contributed by atoms with Gasteiger partial charge in [0.2, 0.25) is 0 Å². The van der Waals surface area contributed by atoms with Crippen molar-refractivity contribution in [3.05, 3.63) is 18.1 Å². The largest absolute Gasteiger partial charge is 0.356 e. The summed E-state index contributed by atoms with van der Waals surface area (Å²) in [4.78, 5) is 11.1. The summed E-state index contributed by atoms with van der Waals surface area (Å²) in [6.07, 6.45) is 3.72. The normalized spacial score (nSPS) is 10.9. The lowest BCUT2D eigenvalue weighted by Gasteiger charge is -2.19. The van der Waals surface area contributed by atoms with Gasteiger partial charge in [-0.05, 0) is 26.3 Å². The van der Waals surface area contributed by atoms with Gasteiger partial charge in [-0.2, -0.15) is 0 Å². The van der Waals surface area contributed by atoms with Crippen molar-refractivity contribution in [3.63, 3.8) is 0 Å². The fraction of sp³-hybridized carbons (Fsp3) is 0.692. The zero-order chi connectivity index (χ0) is 12.7. The molecule has 4 nitrogen and oxygen atoms in total. The Kier molecular flexibility index (Phi) is 5.91. The summed E-state index contributed by atoms with van der Waals surface area (Å²) in [7, 11) is 0. The first-order valence-corrected chi connectivity index (χ1v) is 6.43. The van der Waals surface area contributed by atoms with Crippen LogP contribution in [0.2, 0.25) is 0 Å². The Labute approximate surface area is 104 Å². The van der Waals surface area contributed by atoms with Crippen molar-refractivity contribution < 1.29 is 0 Å². The van der Waals surface area contributed by atoms with Crippen molar-refractivity contribution >= 4 is 5.82 Å². The molecule has 0 saturated carbocycles. The van der Waals surface area contributed by atoms with Crippen molar-refractivity contribution in [1.82, 2.24) is 15.3 Å². The summed E-state index contributed by atoms with van der Waals surface area (Å²) < 4.78 is 0. The molecule has 0 aliphatic heterocycles. The van der Waals surface area contributed by atoms with Crippen LogP contribution in [-0.4, -0.2) is 29.6 Å². The van der Waals surface area contributed by atoms with Gasteiger partial charge in [-0.25, -0.2) is 4.98 Å². The minimum absolute atomic E-state index is 0.665. The second-order valence-corrected chi connectivity index (χ2v) is 4.56. The van der Waals surface area contributed by atoms with Gasteiger partial charge in [0.1, 0.15) is 5.82 Å². The fourth-order valence-corrected chi connectivity index (χ4v) is 1.64. The molecule has 1 aromatic rings. The predicted molar refractivity (Wildman–Crippen MR) is 72.1 cm³/mol. The van der Waals surface area contributed by atoms with Crippen LogP contribution in [0, 0.1) is 5.92 Å². The average Bonchev–Trinajstić information content (AvgIpc) is 2.32. The summed E-state index contributed by atoms with van der Waals surface area (Å²) in [5.41, 5.74) is 1.00. The van der Waals surface area contributed by atoms with Gasteiger partial charge in [-0.3, -0.25) is 4.98 Å². The van der Waals surface area contributed by atoms with Gasteiger partial charge in [-0.1, -0.05) is 13.8 Å². The van der Waals surface area contributed by atoms with Crippen LogP contribution in [0.25, 0.3) is 0 Å². The lowest BCUT2D eigenvalue weighted by Crippen LogP contribution is -2.24. The molecule has 0 unspecified atom stereocenters. The zero-order valence-corrected chi connectivity index (χ0v) is 11.4. The van der Waals surface area contributed by atoms with Crippen LogP contribution in [0.3, 0.4) is 0 Å². The second kappa shape index (κ2) is 7.22. The lowest BCUT2D eigenvalue weighted by molar-refractivity contribution is 0.547. The molecular weight excluding hydrogens is 212 g/mol. The molecule has 0 radical (unpaired) electrons. The lowest BCUT2D eigenvalue weighted by atomic mass is 10.2. The highest BCUT2D eigenvalue weighted by Crippen LogP contribution is 2.07. The van der Waals surface area contributed by atoms with E-state index in [2.05, 4.69) is 47.9 Å². The molecule has 4 heteroatoms. The molecule has 1 aromatic heterocycles. The van der Waals surface area contributed by atoms with Crippen LogP contribution in [0.4, 0.5) is 5.82 Å². The van der Waals surface area contributed by atoms with E-state index in [0.29, 0.717) is 5.92 Å². The molecule has 1 heterocycles. The molecule has 0 aliphatic carbocycles. The number of aromatic nitrogens is 2. The van der Waals surface area contributed by atoms with E-state index in [1.165, 1.54) is 0 Å². The molecule has 0 bridgehead atoms. The van der Waals surface area contributed by atoms with Crippen molar-refractivity contribution in [1.29, 1.82) is 0 Å². The molecule has 0 aromatic carbocycles. The fourth-order valence-electron chi connectivity index (χ4n) is 1.64. The van der Waals surface area contributed by atoms with E-state index in [1.807, 2.05) is 12.4 Å². The quantitative estimate of drug-likeness (QED) is 0.787. The molecule has 1 rings (SSSR count). The van der Waals surface area contributed by atoms with E-state index in [-0.39, 0.29) is 0 Å². The van der Waals surface area contributed by atoms with Crippen molar-refractivity contribution in [2.75, 3.05) is 24.5 Å². The first-order chi connectivity index (χ1) is 8.17. The molecule has 17 heavy (non-hydrogen) atoms. The molecule has 0 aliphatic rings. The predicted octanol–water partition coefficient (Wildman–Crippen LogP) is 2.07. The first kappa shape index (κ1) is 13.9. The van der Waals surface area contributed by atoms with E-state index in [4.69, 9.17) is 0 Å². The van der Waals surface area contributed by atoms with Crippen LogP contribution in [0.5, 0.6) is 0 Å². The van der Waals surface area contributed by atoms with E-state index in [9.17, 15) is 0 Å². The van der Waals surface area contributed by atoms with Crippen LogP contribution >= 0.6 is 0 Å². The Morgan fingerprint density at radius 3 is 2.35 bits per heavy atom. The number of nitrogens with zero attached hydrogens (tertiary/aromatic N) is 3. The van der Waals surface area contributed by atoms with Gasteiger partial charge in [0.05, 0.1) is 18.1 Å². The standard InChI is InChI=1S/C13H24N4/c1-5-17(6-2)13-10-15-12(9-16-13)8-14-7-11(3)4/h9-11,14H,5-8H2,1-4H3. The number of anilines is 1. The molecule has 0 saturated heterocycles. The summed E-state index contributed by atoms with van der Waals surface area (Å²) in [5, 5.41) is 3.36. The first-order valence-electron chi connectivity index (χ1n) is 6.43. The third-order valence-electron chi connectivity index (χ3n) is 2.64. The van der Waals surface area contributed by atoms with Crippen LogP contribution in [0.15, 0.2) is 12.4 Å². The smallest absolute Gasteiger partial charge is 0.147 e. The highest BCUT2D eigenvalue weighted by molar-refractivity contribution is 5.35. The Morgan fingerprint density at radius 1 is 1.18 bits per heavy atom. The topological polar surface area (TPSA) is 41.1 Å². The molecule has 0 spiro atoms. The molecule has 96 valence electrons. The Morgan fingerprint density at radius 2 is 1.88 bits per heavy atom. The maximum Gasteiger partial charge on any atom is 0.147 e. The van der Waals surface area contributed by atoms with Crippen molar-refractivity contribution in [3.8, 4) is 0 Å². The summed E-state index contributed by atoms with van der Waals surface area (Å²) in [6, 6.07) is 0. The van der Waals surface area contributed by atoms with E-state index in [0.717, 1.165) is 37.7 Å². The third kappa shape index (κ3) is 4.69. The van der Waals surface area contributed by atoms with E-state index in [1.54, 1.807) is 0 Å². The minimum atomic E-state index is 0.665. The molecule has 1 N–H and O–H groups in total. The molecule has 0 amide bonds. The maximum atomic E-state index is 4.44.